The van der Waals surface area contributed by atoms with Gasteiger partial charge in [-0.05, 0) is 36.0 Å². The molecule has 0 fully saturated rings. The van der Waals surface area contributed by atoms with E-state index in [-0.39, 0.29) is 6.61 Å². The highest BCUT2D eigenvalue weighted by molar-refractivity contribution is 7.99. The van der Waals surface area contributed by atoms with Crippen molar-refractivity contribution in [2.24, 2.45) is 5.41 Å². The summed E-state index contributed by atoms with van der Waals surface area (Å²) in [5, 5.41) is 8.75. The molecule has 0 aliphatic carbocycles. The summed E-state index contributed by atoms with van der Waals surface area (Å²) >= 11 is 1.91. The van der Waals surface area contributed by atoms with E-state index in [1.807, 2.05) is 11.8 Å². The maximum Gasteiger partial charge on any atom is 0.0434 e. The summed E-state index contributed by atoms with van der Waals surface area (Å²) in [4.78, 5) is 1.34. The second-order valence-electron chi connectivity index (χ2n) is 5.32. The van der Waals surface area contributed by atoms with Gasteiger partial charge in [0.15, 0.2) is 0 Å². The van der Waals surface area contributed by atoms with E-state index in [0.717, 1.165) is 18.6 Å². The van der Waals surface area contributed by atoms with Gasteiger partial charge in [-0.25, -0.2) is 0 Å². The lowest BCUT2D eigenvalue weighted by Crippen LogP contribution is -2.07. The number of hydrogen-bond donors (Lipinski definition) is 1. The van der Waals surface area contributed by atoms with Gasteiger partial charge >= 0.3 is 0 Å². The van der Waals surface area contributed by atoms with Crippen LogP contribution in [0, 0.1) is 5.41 Å². The molecule has 2 heteroatoms. The first-order valence-electron chi connectivity index (χ1n) is 5.84. The Kier molecular flexibility index (Phi) is 5.36. The van der Waals surface area contributed by atoms with Gasteiger partial charge < -0.3 is 5.11 Å². The summed E-state index contributed by atoms with van der Waals surface area (Å²) in [6, 6.07) is 8.70. The van der Waals surface area contributed by atoms with Crippen molar-refractivity contribution in [3.8, 4) is 0 Å². The Morgan fingerprint density at radius 1 is 1.12 bits per heavy atom. The van der Waals surface area contributed by atoms with Gasteiger partial charge in [-0.2, -0.15) is 0 Å². The van der Waals surface area contributed by atoms with Crippen LogP contribution in [0.3, 0.4) is 0 Å². The molecule has 90 valence electrons. The predicted molar refractivity (Wildman–Crippen MR) is 72.0 cm³/mol. The molecule has 0 radical (unpaired) electrons. The van der Waals surface area contributed by atoms with Crippen LogP contribution in [0.15, 0.2) is 29.2 Å². The molecule has 1 aromatic carbocycles. The van der Waals surface area contributed by atoms with Gasteiger partial charge in [0.2, 0.25) is 0 Å². The third-order valence-corrected chi connectivity index (χ3v) is 3.83. The fourth-order valence-electron chi connectivity index (χ4n) is 1.34. The molecule has 1 nitrogen and oxygen atoms in total. The molecule has 0 aromatic heterocycles. The number of hydrogen-bond acceptors (Lipinski definition) is 2. The number of benzene rings is 1. The Hall–Kier alpha value is -0.470. The summed E-state index contributed by atoms with van der Waals surface area (Å²) < 4.78 is 0. The first-order valence-corrected chi connectivity index (χ1v) is 6.82. The molecule has 0 saturated heterocycles. The van der Waals surface area contributed by atoms with Crippen molar-refractivity contribution in [3.05, 3.63) is 29.8 Å². The summed E-state index contributed by atoms with van der Waals surface area (Å²) in [6.07, 6.45) is 1.83. The summed E-state index contributed by atoms with van der Waals surface area (Å²) in [7, 11) is 0. The topological polar surface area (TPSA) is 20.2 Å². The fraction of sp³-hybridized carbons (Fsp3) is 0.571. The molecule has 0 unspecified atom stereocenters. The van der Waals surface area contributed by atoms with Gasteiger partial charge in [-0.15, -0.1) is 11.8 Å². The molecular formula is C14H22OS. The van der Waals surface area contributed by atoms with Crippen molar-refractivity contribution < 1.29 is 5.11 Å². The predicted octanol–water partition coefficient (Wildman–Crippen LogP) is 3.75. The first kappa shape index (κ1) is 13.6. The van der Waals surface area contributed by atoms with Gasteiger partial charge in [0.25, 0.3) is 0 Å². The van der Waals surface area contributed by atoms with Gasteiger partial charge in [0.05, 0.1) is 0 Å². The van der Waals surface area contributed by atoms with Crippen LogP contribution in [0.1, 0.15) is 32.8 Å². The Morgan fingerprint density at radius 2 is 1.75 bits per heavy atom. The molecule has 0 atom stereocenters. The summed E-state index contributed by atoms with van der Waals surface area (Å²) in [6.45, 7) is 7.06. The Bertz CT molecular complexity index is 298. The second kappa shape index (κ2) is 6.31. The molecular weight excluding hydrogens is 216 g/mol. The third-order valence-electron chi connectivity index (χ3n) is 2.22. The van der Waals surface area contributed by atoms with Gasteiger partial charge in [-0.1, -0.05) is 32.9 Å². The van der Waals surface area contributed by atoms with Crippen molar-refractivity contribution in [3.63, 3.8) is 0 Å². The van der Waals surface area contributed by atoms with Crippen molar-refractivity contribution in [2.75, 3.05) is 12.4 Å². The highest BCUT2D eigenvalue weighted by Crippen LogP contribution is 2.27. The minimum Gasteiger partial charge on any atom is -0.396 e. The van der Waals surface area contributed by atoms with E-state index in [9.17, 15) is 0 Å². The van der Waals surface area contributed by atoms with E-state index in [2.05, 4.69) is 45.0 Å². The number of aliphatic hydroxyl groups excluding tert-OH is 1. The van der Waals surface area contributed by atoms with E-state index in [1.165, 1.54) is 10.5 Å². The smallest absolute Gasteiger partial charge is 0.0434 e. The monoisotopic (exact) mass is 238 g/mol. The number of aryl methyl sites for hydroxylation is 1. The maximum absolute atomic E-state index is 8.75. The van der Waals surface area contributed by atoms with Crippen LogP contribution in [0.4, 0.5) is 0 Å². The quantitative estimate of drug-likeness (QED) is 0.788. The lowest BCUT2D eigenvalue weighted by molar-refractivity contribution is 0.288. The Balaban J connectivity index is 2.45. The highest BCUT2D eigenvalue weighted by atomic mass is 32.2. The molecule has 0 heterocycles. The first-order chi connectivity index (χ1) is 7.51. The Labute approximate surface area is 103 Å². The zero-order valence-electron chi connectivity index (χ0n) is 10.5. The average Bonchev–Trinajstić information content (AvgIpc) is 2.24. The molecule has 1 aromatic rings. The minimum absolute atomic E-state index is 0.278. The molecule has 0 saturated carbocycles. The summed E-state index contributed by atoms with van der Waals surface area (Å²) in [5.74, 6) is 1.14. The van der Waals surface area contributed by atoms with E-state index < -0.39 is 0 Å². The van der Waals surface area contributed by atoms with Crippen LogP contribution >= 0.6 is 11.8 Å². The molecule has 0 aliphatic heterocycles. The molecule has 1 N–H and O–H groups in total. The zero-order chi connectivity index (χ0) is 12.0. The number of rotatable bonds is 5. The molecule has 0 aliphatic rings. The molecule has 16 heavy (non-hydrogen) atoms. The minimum atomic E-state index is 0.278. The van der Waals surface area contributed by atoms with Crippen LogP contribution in [-0.2, 0) is 6.42 Å². The average molecular weight is 238 g/mol. The van der Waals surface area contributed by atoms with E-state index in [1.54, 1.807) is 0 Å². The van der Waals surface area contributed by atoms with Crippen LogP contribution in [0.5, 0.6) is 0 Å². The maximum atomic E-state index is 8.75. The highest BCUT2D eigenvalue weighted by Gasteiger charge is 2.10. The molecule has 0 spiro atoms. The van der Waals surface area contributed by atoms with Gasteiger partial charge in [0.1, 0.15) is 0 Å². The van der Waals surface area contributed by atoms with Crippen LogP contribution < -0.4 is 0 Å². The van der Waals surface area contributed by atoms with E-state index in [0.29, 0.717) is 5.41 Å². The zero-order valence-corrected chi connectivity index (χ0v) is 11.3. The standard InChI is InChI=1S/C14H22OS/c1-14(2,3)11-16-13-8-6-12(7-9-13)5-4-10-15/h6-9,15H,4-5,10-11H2,1-3H3. The number of thioether (sulfide) groups is 1. The SMILES string of the molecule is CC(C)(C)CSc1ccc(CCCO)cc1. The number of aliphatic hydroxyl groups is 1. The molecule has 0 amide bonds. The van der Waals surface area contributed by atoms with Gasteiger partial charge in [0, 0.05) is 17.3 Å². The molecule has 0 bridgehead atoms. The van der Waals surface area contributed by atoms with Crippen LogP contribution in [0.2, 0.25) is 0 Å². The van der Waals surface area contributed by atoms with Crippen LogP contribution in [-0.4, -0.2) is 17.5 Å². The summed E-state index contributed by atoms with van der Waals surface area (Å²) in [5.41, 5.74) is 1.69. The Morgan fingerprint density at radius 3 is 2.25 bits per heavy atom. The molecule has 1 rings (SSSR count). The third kappa shape index (κ3) is 5.57. The fourth-order valence-corrected chi connectivity index (χ4v) is 2.26. The van der Waals surface area contributed by atoms with Crippen molar-refractivity contribution in [1.29, 1.82) is 0 Å². The normalized spacial score (nSPS) is 11.8. The second-order valence-corrected chi connectivity index (χ2v) is 6.37. The van der Waals surface area contributed by atoms with Crippen LogP contribution in [0.25, 0.3) is 0 Å². The lowest BCUT2D eigenvalue weighted by Gasteiger charge is -2.17. The van der Waals surface area contributed by atoms with E-state index >= 15 is 0 Å². The van der Waals surface area contributed by atoms with Crippen molar-refractivity contribution in [1.82, 2.24) is 0 Å². The van der Waals surface area contributed by atoms with Gasteiger partial charge in [-0.3, -0.25) is 0 Å². The lowest BCUT2D eigenvalue weighted by atomic mass is 10.0. The van der Waals surface area contributed by atoms with Crippen molar-refractivity contribution >= 4 is 11.8 Å². The van der Waals surface area contributed by atoms with E-state index in [4.69, 9.17) is 5.11 Å². The van der Waals surface area contributed by atoms with Crippen molar-refractivity contribution in [2.45, 2.75) is 38.5 Å². The largest absolute Gasteiger partial charge is 0.396 e.